The molecule has 1 aliphatic rings. The van der Waals surface area contributed by atoms with Crippen LogP contribution < -0.4 is 4.90 Å². The summed E-state index contributed by atoms with van der Waals surface area (Å²) in [5, 5.41) is 9.24. The molecule has 9 nitrogen and oxygen atoms in total. The monoisotopic (exact) mass is 382 g/mol. The first-order valence-electron chi connectivity index (χ1n) is 7.97. The van der Waals surface area contributed by atoms with E-state index in [1.807, 2.05) is 0 Å². The van der Waals surface area contributed by atoms with Gasteiger partial charge in [0.2, 0.25) is 6.10 Å². The van der Waals surface area contributed by atoms with Crippen LogP contribution in [0.1, 0.15) is 17.3 Å². The highest BCUT2D eigenvalue weighted by Crippen LogP contribution is 2.24. The molecule has 0 unspecified atom stereocenters. The zero-order valence-corrected chi connectivity index (χ0v) is 15.0. The number of hydrogen-bond donors (Lipinski definition) is 1. The van der Waals surface area contributed by atoms with Gasteiger partial charge in [-0.05, 0) is 18.2 Å². The van der Waals surface area contributed by atoms with Gasteiger partial charge >= 0.3 is 11.9 Å². The first-order valence-corrected chi connectivity index (χ1v) is 7.97. The topological polar surface area (TPSA) is 113 Å². The fourth-order valence-electron chi connectivity index (χ4n) is 2.59. The van der Waals surface area contributed by atoms with E-state index in [2.05, 4.69) is 4.74 Å². The molecule has 0 aromatic heterocycles. The molecule has 146 valence electrons. The lowest BCUT2D eigenvalue weighted by atomic mass is 10.1. The van der Waals surface area contributed by atoms with Gasteiger partial charge in [0.15, 0.2) is 6.10 Å². The minimum atomic E-state index is -1.82. The first kappa shape index (κ1) is 20.3. The lowest BCUT2D eigenvalue weighted by Gasteiger charge is -2.34. The number of benzene rings is 1. The van der Waals surface area contributed by atoms with Gasteiger partial charge in [-0.15, -0.1) is 0 Å². The number of nitrogens with zero attached hydrogens (tertiary/aromatic N) is 2. The summed E-state index contributed by atoms with van der Waals surface area (Å²) in [7, 11) is 2.92. The van der Waals surface area contributed by atoms with E-state index in [0.717, 1.165) is 13.0 Å². The van der Waals surface area contributed by atoms with Crippen molar-refractivity contribution in [1.29, 1.82) is 0 Å². The number of rotatable bonds is 5. The summed E-state index contributed by atoms with van der Waals surface area (Å²) in [5.74, 6) is -4.53. The summed E-state index contributed by atoms with van der Waals surface area (Å²) in [6.45, 7) is 1.04. The minimum absolute atomic E-state index is 0.0320. The number of carbonyl (C=O) groups is 4. The Labute approximate surface area is 154 Å². The standard InChI is InChI=1S/C17H19FN2O7/c1-9(21)27-14(17(24)25)13-16(23)20(6-7-26-13)10-4-5-12(18)11(8-10)15(22)19(2)3/h4-5,8,13-14H,6-7H2,1-3H3,(H,24,25)/t13-,14-/m1/s1. The van der Waals surface area contributed by atoms with Crippen LogP contribution in [0.25, 0.3) is 0 Å². The van der Waals surface area contributed by atoms with Crippen LogP contribution in [0.4, 0.5) is 10.1 Å². The van der Waals surface area contributed by atoms with Crippen LogP contribution in [0.5, 0.6) is 0 Å². The fraction of sp³-hybridized carbons (Fsp3) is 0.412. The predicted molar refractivity (Wildman–Crippen MR) is 89.7 cm³/mol. The Morgan fingerprint density at radius 1 is 1.37 bits per heavy atom. The summed E-state index contributed by atoms with van der Waals surface area (Å²) >= 11 is 0. The quantitative estimate of drug-likeness (QED) is 0.728. The van der Waals surface area contributed by atoms with Crippen LogP contribution in [0.3, 0.4) is 0 Å². The second-order valence-corrected chi connectivity index (χ2v) is 6.01. The summed E-state index contributed by atoms with van der Waals surface area (Å²) < 4.78 is 23.9. The summed E-state index contributed by atoms with van der Waals surface area (Å²) in [5.41, 5.74) is -0.0324. The maximum Gasteiger partial charge on any atom is 0.348 e. The van der Waals surface area contributed by atoms with Crippen LogP contribution >= 0.6 is 0 Å². The van der Waals surface area contributed by atoms with E-state index in [-0.39, 0.29) is 24.4 Å². The molecule has 1 aromatic carbocycles. The van der Waals surface area contributed by atoms with Crippen molar-refractivity contribution in [1.82, 2.24) is 4.90 Å². The lowest BCUT2D eigenvalue weighted by molar-refractivity contribution is -0.177. The van der Waals surface area contributed by atoms with E-state index in [4.69, 9.17) is 4.74 Å². The van der Waals surface area contributed by atoms with Gasteiger partial charge in [0, 0.05) is 33.3 Å². The van der Waals surface area contributed by atoms with Crippen LogP contribution in [-0.4, -0.2) is 73.2 Å². The summed E-state index contributed by atoms with van der Waals surface area (Å²) in [6, 6.07) is 3.55. The third-order valence-electron chi connectivity index (χ3n) is 3.83. The second-order valence-electron chi connectivity index (χ2n) is 6.01. The van der Waals surface area contributed by atoms with Gasteiger partial charge in [-0.25, -0.2) is 9.18 Å². The molecule has 2 atom stereocenters. The predicted octanol–water partition coefficient (Wildman–Crippen LogP) is 0.276. The molecule has 0 aliphatic carbocycles. The van der Waals surface area contributed by atoms with Gasteiger partial charge in [0.1, 0.15) is 5.82 Å². The van der Waals surface area contributed by atoms with Gasteiger partial charge in [-0.1, -0.05) is 0 Å². The average Bonchev–Trinajstić information content (AvgIpc) is 2.60. The van der Waals surface area contributed by atoms with Gasteiger partial charge in [0.25, 0.3) is 11.8 Å². The maximum atomic E-state index is 14.0. The molecule has 1 heterocycles. The second kappa shape index (κ2) is 8.12. The maximum absolute atomic E-state index is 14.0. The van der Waals surface area contributed by atoms with Gasteiger partial charge in [0.05, 0.1) is 12.2 Å². The van der Waals surface area contributed by atoms with E-state index in [0.29, 0.717) is 0 Å². The van der Waals surface area contributed by atoms with Crippen molar-refractivity contribution < 1.29 is 38.1 Å². The number of ether oxygens (including phenoxy) is 2. The van der Waals surface area contributed by atoms with E-state index in [9.17, 15) is 28.7 Å². The molecule has 10 heteroatoms. The number of carboxylic acids is 1. The molecule has 2 rings (SSSR count). The molecule has 1 aliphatic heterocycles. The third kappa shape index (κ3) is 4.40. The van der Waals surface area contributed by atoms with E-state index in [1.54, 1.807) is 0 Å². The van der Waals surface area contributed by atoms with Crippen molar-refractivity contribution >= 4 is 29.4 Å². The first-order chi connectivity index (χ1) is 12.6. The van der Waals surface area contributed by atoms with Crippen LogP contribution in [0.15, 0.2) is 18.2 Å². The molecule has 1 fully saturated rings. The normalized spacial score (nSPS) is 18.0. The number of carbonyl (C=O) groups excluding carboxylic acids is 3. The Bertz CT molecular complexity index is 781. The van der Waals surface area contributed by atoms with Crippen LogP contribution in [0, 0.1) is 5.82 Å². The number of carboxylic acid groups (broad SMARTS) is 1. The average molecular weight is 382 g/mol. The smallest absolute Gasteiger partial charge is 0.348 e. The Hall–Kier alpha value is -3.01. The number of aliphatic carboxylic acids is 1. The molecule has 0 saturated carbocycles. The number of amides is 2. The molecule has 0 bridgehead atoms. The Balaban J connectivity index is 2.35. The minimum Gasteiger partial charge on any atom is -0.478 e. The van der Waals surface area contributed by atoms with Crippen molar-refractivity contribution in [3.05, 3.63) is 29.6 Å². The Morgan fingerprint density at radius 3 is 2.59 bits per heavy atom. The highest BCUT2D eigenvalue weighted by atomic mass is 19.1. The number of halogens is 1. The van der Waals surface area contributed by atoms with Crippen molar-refractivity contribution in [2.24, 2.45) is 0 Å². The molecule has 1 N–H and O–H groups in total. The molecular weight excluding hydrogens is 363 g/mol. The largest absolute Gasteiger partial charge is 0.478 e. The molecular formula is C17H19FN2O7. The molecule has 27 heavy (non-hydrogen) atoms. The van der Waals surface area contributed by atoms with Gasteiger partial charge in [-0.2, -0.15) is 0 Å². The van der Waals surface area contributed by atoms with Gasteiger partial charge < -0.3 is 24.4 Å². The highest BCUT2D eigenvalue weighted by Gasteiger charge is 2.42. The Kier molecular flexibility index (Phi) is 6.11. The zero-order valence-electron chi connectivity index (χ0n) is 15.0. The number of morpholine rings is 1. The van der Waals surface area contributed by atoms with Crippen molar-refractivity contribution in [3.63, 3.8) is 0 Å². The van der Waals surface area contributed by atoms with E-state index in [1.165, 1.54) is 36.0 Å². The lowest BCUT2D eigenvalue weighted by Crippen LogP contribution is -2.55. The van der Waals surface area contributed by atoms with Crippen molar-refractivity contribution in [3.8, 4) is 0 Å². The SMILES string of the molecule is CC(=O)O[C@@H](C(=O)O)[C@H]1OCCN(c2ccc(F)c(C(=O)N(C)C)c2)C1=O. The number of anilines is 1. The number of esters is 1. The van der Waals surface area contributed by atoms with E-state index >= 15 is 0 Å². The van der Waals surface area contributed by atoms with Crippen molar-refractivity contribution in [2.75, 3.05) is 32.1 Å². The molecule has 0 spiro atoms. The summed E-state index contributed by atoms with van der Waals surface area (Å²) in [6.07, 6.45) is -3.38. The molecule has 2 amide bonds. The molecule has 1 saturated heterocycles. The summed E-state index contributed by atoms with van der Waals surface area (Å²) in [4.78, 5) is 49.6. The van der Waals surface area contributed by atoms with Crippen LogP contribution in [-0.2, 0) is 23.9 Å². The third-order valence-corrected chi connectivity index (χ3v) is 3.83. The number of hydrogen-bond acceptors (Lipinski definition) is 6. The van der Waals surface area contributed by atoms with Gasteiger partial charge in [-0.3, -0.25) is 14.4 Å². The fourth-order valence-corrected chi connectivity index (χ4v) is 2.59. The highest BCUT2D eigenvalue weighted by molar-refractivity contribution is 6.02. The molecule has 0 radical (unpaired) electrons. The van der Waals surface area contributed by atoms with Crippen LogP contribution in [0.2, 0.25) is 0 Å². The van der Waals surface area contributed by atoms with E-state index < -0.39 is 41.8 Å². The molecule has 1 aromatic rings. The zero-order chi connectivity index (χ0) is 20.3. The van der Waals surface area contributed by atoms with Crippen molar-refractivity contribution in [2.45, 2.75) is 19.1 Å². The Morgan fingerprint density at radius 2 is 2.04 bits per heavy atom.